The van der Waals surface area contributed by atoms with Crippen LogP contribution in [0.5, 0.6) is 0 Å². The van der Waals surface area contributed by atoms with Crippen LogP contribution < -0.4 is 10.6 Å². The molecule has 2 N–H and O–H groups in total. The average Bonchev–Trinajstić information content (AvgIpc) is 3.11. The molecule has 2 amide bonds. The van der Waals surface area contributed by atoms with E-state index < -0.39 is 11.7 Å². The molecule has 0 radical (unpaired) electrons. The Morgan fingerprint density at radius 3 is 2.46 bits per heavy atom. The van der Waals surface area contributed by atoms with Gasteiger partial charge in [0.05, 0.1) is 22.3 Å². The van der Waals surface area contributed by atoms with E-state index in [-0.39, 0.29) is 17.3 Å². The molecule has 0 aliphatic rings. The maximum atomic E-state index is 13.6. The third-order valence-corrected chi connectivity index (χ3v) is 4.00. The molecular weight excluding hydrogens is 329 g/mol. The lowest BCUT2D eigenvalue weighted by atomic mass is 10.2. The minimum absolute atomic E-state index is 0.0608. The Hall–Kier alpha value is -3.06. The number of anilines is 2. The fraction of sp³-hybridized carbons (Fsp3) is 0. The fourth-order valence-corrected chi connectivity index (χ4v) is 2.59. The van der Waals surface area contributed by atoms with Gasteiger partial charge in [-0.2, -0.15) is 0 Å². The molecule has 0 unspecified atom stereocenters. The van der Waals surface area contributed by atoms with Crippen molar-refractivity contribution in [1.82, 2.24) is 4.98 Å². The number of hydrogen-bond donors (Lipinski definition) is 2. The third kappa shape index (κ3) is 3.64. The minimum atomic E-state index is -0.602. The fourth-order valence-electron chi connectivity index (χ4n) is 1.97. The van der Waals surface area contributed by atoms with Crippen molar-refractivity contribution >= 4 is 34.7 Å². The van der Waals surface area contributed by atoms with Gasteiger partial charge in [-0.25, -0.2) is 9.37 Å². The van der Waals surface area contributed by atoms with Gasteiger partial charge in [-0.05, 0) is 35.7 Å². The second-order valence-electron chi connectivity index (χ2n) is 4.80. The van der Waals surface area contributed by atoms with Crippen LogP contribution in [0.3, 0.4) is 0 Å². The number of carbonyl (C=O) groups excluding carboxylic acids is 2. The molecule has 5 nitrogen and oxygen atoms in total. The maximum Gasteiger partial charge on any atom is 0.265 e. The Morgan fingerprint density at radius 2 is 1.79 bits per heavy atom. The zero-order valence-corrected chi connectivity index (χ0v) is 13.1. The molecule has 7 heteroatoms. The summed E-state index contributed by atoms with van der Waals surface area (Å²) >= 11 is 1.34. The van der Waals surface area contributed by atoms with Crippen molar-refractivity contribution in [2.45, 2.75) is 0 Å². The minimum Gasteiger partial charge on any atom is -0.320 e. The largest absolute Gasteiger partial charge is 0.320 e. The number of aromatic nitrogens is 1. The number of pyridine rings is 1. The number of carbonyl (C=O) groups is 2. The summed E-state index contributed by atoms with van der Waals surface area (Å²) < 4.78 is 13.6. The lowest BCUT2D eigenvalue weighted by molar-refractivity contribution is 0.101. The van der Waals surface area contributed by atoms with Crippen LogP contribution in [0.4, 0.5) is 15.9 Å². The second kappa shape index (κ2) is 7.01. The third-order valence-electron chi connectivity index (χ3n) is 3.13. The highest BCUT2D eigenvalue weighted by Crippen LogP contribution is 2.15. The Morgan fingerprint density at radius 1 is 0.958 bits per heavy atom. The van der Waals surface area contributed by atoms with Crippen LogP contribution in [-0.2, 0) is 0 Å². The molecule has 24 heavy (non-hydrogen) atoms. The summed E-state index contributed by atoms with van der Waals surface area (Å²) in [7, 11) is 0. The van der Waals surface area contributed by atoms with Crippen LogP contribution in [0, 0.1) is 5.82 Å². The van der Waals surface area contributed by atoms with Gasteiger partial charge in [0.15, 0.2) is 0 Å². The number of amides is 2. The van der Waals surface area contributed by atoms with Gasteiger partial charge in [0, 0.05) is 0 Å². The summed E-state index contributed by atoms with van der Waals surface area (Å²) in [4.78, 5) is 28.5. The molecular formula is C17H12FN3O2S. The number of halogens is 1. The Bertz CT molecular complexity index is 864. The van der Waals surface area contributed by atoms with Gasteiger partial charge in [-0.15, -0.1) is 11.3 Å². The van der Waals surface area contributed by atoms with Crippen LogP contribution in [0.25, 0.3) is 0 Å². The number of hydrogen-bond acceptors (Lipinski definition) is 4. The van der Waals surface area contributed by atoms with E-state index in [1.54, 1.807) is 24.3 Å². The lowest BCUT2D eigenvalue weighted by Crippen LogP contribution is -2.15. The summed E-state index contributed by atoms with van der Waals surface area (Å²) in [5.41, 5.74) is 0.437. The number of benzene rings is 1. The zero-order valence-electron chi connectivity index (χ0n) is 12.3. The highest BCUT2D eigenvalue weighted by molar-refractivity contribution is 7.12. The predicted octanol–water partition coefficient (Wildman–Crippen LogP) is 3.79. The number of nitrogens with one attached hydrogen (secondary N) is 2. The number of thiophene rings is 1. The standard InChI is InChI=1S/C17H12FN3O2S/c18-13-5-2-1-4-12(13)16(22)21-15-8-7-11(10-19-15)20-17(23)14-6-3-9-24-14/h1-10H,(H,20,23)(H,19,21,22). The van der Waals surface area contributed by atoms with E-state index in [0.717, 1.165) is 0 Å². The molecule has 2 aromatic heterocycles. The predicted molar refractivity (Wildman–Crippen MR) is 90.9 cm³/mol. The Kier molecular flexibility index (Phi) is 4.62. The summed E-state index contributed by atoms with van der Waals surface area (Å²) in [6.45, 7) is 0. The first kappa shape index (κ1) is 15.8. The van der Waals surface area contributed by atoms with Crippen LogP contribution in [-0.4, -0.2) is 16.8 Å². The summed E-state index contributed by atoms with van der Waals surface area (Å²) in [6.07, 6.45) is 1.42. The number of rotatable bonds is 4. The Balaban J connectivity index is 1.65. The van der Waals surface area contributed by atoms with E-state index in [2.05, 4.69) is 15.6 Å². The molecule has 0 spiro atoms. The van der Waals surface area contributed by atoms with Crippen LogP contribution in [0.15, 0.2) is 60.1 Å². The first-order chi connectivity index (χ1) is 11.6. The molecule has 3 rings (SSSR count). The molecule has 0 saturated carbocycles. The van der Waals surface area contributed by atoms with Crippen molar-refractivity contribution in [2.75, 3.05) is 10.6 Å². The monoisotopic (exact) mass is 341 g/mol. The quantitative estimate of drug-likeness (QED) is 0.758. The van der Waals surface area contributed by atoms with Crippen molar-refractivity contribution in [1.29, 1.82) is 0 Å². The van der Waals surface area contributed by atoms with Crippen LogP contribution in [0.1, 0.15) is 20.0 Å². The maximum absolute atomic E-state index is 13.6. The molecule has 1 aromatic carbocycles. The van der Waals surface area contributed by atoms with Crippen LogP contribution in [0.2, 0.25) is 0 Å². The molecule has 2 heterocycles. The van der Waals surface area contributed by atoms with E-state index in [9.17, 15) is 14.0 Å². The smallest absolute Gasteiger partial charge is 0.265 e. The molecule has 0 bridgehead atoms. The van der Waals surface area contributed by atoms with E-state index in [4.69, 9.17) is 0 Å². The first-order valence-electron chi connectivity index (χ1n) is 7.00. The zero-order chi connectivity index (χ0) is 16.9. The SMILES string of the molecule is O=C(Nc1ccc(NC(=O)c2ccccc2F)nc1)c1cccs1. The van der Waals surface area contributed by atoms with Gasteiger partial charge in [0.25, 0.3) is 11.8 Å². The van der Waals surface area contributed by atoms with Crippen molar-refractivity contribution in [2.24, 2.45) is 0 Å². The number of nitrogens with zero attached hydrogens (tertiary/aromatic N) is 1. The van der Waals surface area contributed by atoms with E-state index in [1.807, 2.05) is 5.38 Å². The summed E-state index contributed by atoms with van der Waals surface area (Å²) in [5, 5.41) is 7.02. The topological polar surface area (TPSA) is 71.1 Å². The van der Waals surface area contributed by atoms with Crippen LogP contribution >= 0.6 is 11.3 Å². The molecule has 0 aliphatic carbocycles. The van der Waals surface area contributed by atoms with E-state index >= 15 is 0 Å². The van der Waals surface area contributed by atoms with Gasteiger partial charge in [-0.1, -0.05) is 18.2 Å². The molecule has 0 fully saturated rings. The highest BCUT2D eigenvalue weighted by atomic mass is 32.1. The van der Waals surface area contributed by atoms with Gasteiger partial charge >= 0.3 is 0 Å². The van der Waals surface area contributed by atoms with Gasteiger partial charge in [0.1, 0.15) is 11.6 Å². The summed E-state index contributed by atoms with van der Waals surface area (Å²) in [6, 6.07) is 12.3. The summed E-state index contributed by atoms with van der Waals surface area (Å²) in [5.74, 6) is -1.15. The van der Waals surface area contributed by atoms with Crippen molar-refractivity contribution in [3.63, 3.8) is 0 Å². The highest BCUT2D eigenvalue weighted by Gasteiger charge is 2.12. The average molecular weight is 341 g/mol. The van der Waals surface area contributed by atoms with Crippen molar-refractivity contribution in [3.05, 3.63) is 76.4 Å². The second-order valence-corrected chi connectivity index (χ2v) is 5.75. The molecule has 0 atom stereocenters. The van der Waals surface area contributed by atoms with Gasteiger partial charge in [-0.3, -0.25) is 9.59 Å². The lowest BCUT2D eigenvalue weighted by Gasteiger charge is -2.07. The molecule has 0 aliphatic heterocycles. The normalized spacial score (nSPS) is 10.2. The van der Waals surface area contributed by atoms with Gasteiger partial charge in [0.2, 0.25) is 0 Å². The van der Waals surface area contributed by atoms with E-state index in [1.165, 1.54) is 41.8 Å². The van der Waals surface area contributed by atoms with Crippen molar-refractivity contribution in [3.8, 4) is 0 Å². The first-order valence-corrected chi connectivity index (χ1v) is 7.88. The van der Waals surface area contributed by atoms with E-state index in [0.29, 0.717) is 10.6 Å². The molecule has 0 saturated heterocycles. The molecule has 120 valence electrons. The van der Waals surface area contributed by atoms with Gasteiger partial charge < -0.3 is 10.6 Å². The van der Waals surface area contributed by atoms with Crippen molar-refractivity contribution < 1.29 is 14.0 Å². The molecule has 3 aromatic rings. The Labute approximate surface area is 141 Å².